The van der Waals surface area contributed by atoms with Gasteiger partial charge in [-0.3, -0.25) is 4.98 Å². The molecule has 1 heterocycles. The molecule has 0 aliphatic carbocycles. The van der Waals surface area contributed by atoms with Crippen molar-refractivity contribution in [2.24, 2.45) is 0 Å². The van der Waals surface area contributed by atoms with Gasteiger partial charge < -0.3 is 4.74 Å². The van der Waals surface area contributed by atoms with Crippen LogP contribution in [0.25, 0.3) is 65.3 Å². The lowest BCUT2D eigenvalue weighted by Gasteiger charge is -2.18. The number of hydrogen-bond donors (Lipinski definition) is 0. The van der Waals surface area contributed by atoms with Gasteiger partial charge in [0.05, 0.1) is 0 Å². The number of aromatic nitrogens is 1. The zero-order valence-electron chi connectivity index (χ0n) is 22.3. The molecule has 192 valence electrons. The first-order chi connectivity index (χ1) is 20.3. The fourth-order valence-corrected chi connectivity index (χ4v) is 5.95. The molecule has 0 N–H and O–H groups in total. The molecule has 0 saturated heterocycles. The molecule has 0 unspecified atom stereocenters. The molecule has 0 radical (unpaired) electrons. The van der Waals surface area contributed by atoms with Crippen LogP contribution in [0, 0.1) is 0 Å². The molecule has 0 bridgehead atoms. The SMILES string of the molecule is c1ccc2cc(-c3ccc(Oc4c5ccccc5c(-c5ccc6ccccc6c5)c5cnccc45)cc3)ccc2c1. The summed E-state index contributed by atoms with van der Waals surface area (Å²) in [7, 11) is 0. The van der Waals surface area contributed by atoms with Crippen molar-refractivity contribution in [3.05, 3.63) is 152 Å². The van der Waals surface area contributed by atoms with Crippen LogP contribution in [0.1, 0.15) is 0 Å². The molecular weight excluding hydrogens is 498 g/mol. The summed E-state index contributed by atoms with van der Waals surface area (Å²) in [6, 6.07) is 49.2. The van der Waals surface area contributed by atoms with Crippen LogP contribution in [0.2, 0.25) is 0 Å². The fourth-order valence-electron chi connectivity index (χ4n) is 5.95. The third-order valence-electron chi connectivity index (χ3n) is 7.97. The second-order valence-electron chi connectivity index (χ2n) is 10.4. The van der Waals surface area contributed by atoms with Crippen LogP contribution >= 0.6 is 0 Å². The Hall–Kier alpha value is -5.47. The highest BCUT2D eigenvalue weighted by Crippen LogP contribution is 2.45. The van der Waals surface area contributed by atoms with E-state index in [0.717, 1.165) is 38.6 Å². The molecule has 0 spiro atoms. The van der Waals surface area contributed by atoms with Crippen LogP contribution in [0.15, 0.2) is 152 Å². The van der Waals surface area contributed by atoms with Crippen molar-refractivity contribution in [2.75, 3.05) is 0 Å². The standard InChI is InChI=1S/C39H25NO/c1-3-9-29-23-31(15-13-26(29)7-1)28-17-19-33(20-18-28)41-39-35-12-6-5-11-34(35)38(37-25-40-22-21-36(37)39)32-16-14-27-8-2-4-10-30(27)24-32/h1-25H. The van der Waals surface area contributed by atoms with Crippen LogP contribution in [0.4, 0.5) is 0 Å². The molecule has 0 amide bonds. The number of nitrogens with zero attached hydrogens (tertiary/aromatic N) is 1. The summed E-state index contributed by atoms with van der Waals surface area (Å²) in [5.74, 6) is 1.65. The van der Waals surface area contributed by atoms with Crippen LogP contribution in [0.5, 0.6) is 11.5 Å². The van der Waals surface area contributed by atoms with E-state index in [1.165, 1.54) is 38.2 Å². The van der Waals surface area contributed by atoms with Crippen molar-refractivity contribution in [2.45, 2.75) is 0 Å². The van der Waals surface area contributed by atoms with Crippen LogP contribution in [-0.4, -0.2) is 4.98 Å². The lowest BCUT2D eigenvalue weighted by atomic mass is 9.91. The molecule has 2 heteroatoms. The lowest BCUT2D eigenvalue weighted by molar-refractivity contribution is 0.494. The second kappa shape index (κ2) is 9.62. The Morgan fingerprint density at radius 2 is 0.976 bits per heavy atom. The number of ether oxygens (including phenoxy) is 1. The van der Waals surface area contributed by atoms with E-state index in [9.17, 15) is 0 Å². The normalized spacial score (nSPS) is 11.4. The van der Waals surface area contributed by atoms with Crippen LogP contribution in [0.3, 0.4) is 0 Å². The van der Waals surface area contributed by atoms with Crippen molar-refractivity contribution in [1.29, 1.82) is 0 Å². The second-order valence-corrected chi connectivity index (χ2v) is 10.4. The van der Waals surface area contributed by atoms with Crippen LogP contribution in [-0.2, 0) is 0 Å². The molecular formula is C39H25NO. The van der Waals surface area contributed by atoms with Crippen molar-refractivity contribution < 1.29 is 4.74 Å². The van der Waals surface area contributed by atoms with E-state index in [-0.39, 0.29) is 0 Å². The minimum atomic E-state index is 0.802. The predicted molar refractivity (Wildman–Crippen MR) is 172 cm³/mol. The number of pyridine rings is 1. The Kier molecular flexibility index (Phi) is 5.49. The van der Waals surface area contributed by atoms with Gasteiger partial charge >= 0.3 is 0 Å². The third-order valence-corrected chi connectivity index (χ3v) is 7.97. The molecule has 8 aromatic rings. The van der Waals surface area contributed by atoms with Crippen molar-refractivity contribution in [1.82, 2.24) is 4.98 Å². The van der Waals surface area contributed by atoms with E-state index < -0.39 is 0 Å². The molecule has 0 aliphatic heterocycles. The topological polar surface area (TPSA) is 22.1 Å². The molecule has 0 saturated carbocycles. The van der Waals surface area contributed by atoms with E-state index in [1.54, 1.807) is 0 Å². The van der Waals surface area contributed by atoms with E-state index in [1.807, 2.05) is 12.4 Å². The van der Waals surface area contributed by atoms with Gasteiger partial charge in [-0.25, -0.2) is 0 Å². The van der Waals surface area contributed by atoms with Gasteiger partial charge in [0.1, 0.15) is 11.5 Å². The number of benzene rings is 7. The van der Waals surface area contributed by atoms with Crippen molar-refractivity contribution in [3.63, 3.8) is 0 Å². The summed E-state index contributed by atoms with van der Waals surface area (Å²) in [4.78, 5) is 4.53. The average Bonchev–Trinajstić information content (AvgIpc) is 3.04. The fraction of sp³-hybridized carbons (Fsp3) is 0. The Bertz CT molecular complexity index is 2170. The van der Waals surface area contributed by atoms with E-state index in [0.29, 0.717) is 0 Å². The minimum Gasteiger partial charge on any atom is -0.456 e. The minimum absolute atomic E-state index is 0.802. The maximum Gasteiger partial charge on any atom is 0.143 e. The van der Waals surface area contributed by atoms with Gasteiger partial charge in [0.25, 0.3) is 0 Å². The van der Waals surface area contributed by atoms with Gasteiger partial charge in [0, 0.05) is 28.6 Å². The molecule has 41 heavy (non-hydrogen) atoms. The largest absolute Gasteiger partial charge is 0.456 e. The summed E-state index contributed by atoms with van der Waals surface area (Å²) in [6.45, 7) is 0. The first-order valence-electron chi connectivity index (χ1n) is 13.9. The maximum absolute atomic E-state index is 6.70. The molecule has 1 aromatic heterocycles. The first-order valence-corrected chi connectivity index (χ1v) is 13.9. The predicted octanol–water partition coefficient (Wildman–Crippen LogP) is 10.8. The quantitative estimate of drug-likeness (QED) is 0.214. The Morgan fingerprint density at radius 1 is 0.415 bits per heavy atom. The molecule has 0 aliphatic rings. The van der Waals surface area contributed by atoms with Gasteiger partial charge in [0.15, 0.2) is 0 Å². The van der Waals surface area contributed by atoms with Gasteiger partial charge in [-0.05, 0) is 79.5 Å². The third kappa shape index (κ3) is 4.09. The Labute approximate surface area is 238 Å². The first kappa shape index (κ1) is 23.4. The van der Waals surface area contributed by atoms with E-state index in [4.69, 9.17) is 4.74 Å². The van der Waals surface area contributed by atoms with Gasteiger partial charge in [-0.15, -0.1) is 0 Å². The summed E-state index contributed by atoms with van der Waals surface area (Å²) in [5, 5.41) is 9.27. The number of rotatable bonds is 4. The highest BCUT2D eigenvalue weighted by Gasteiger charge is 2.17. The van der Waals surface area contributed by atoms with Gasteiger partial charge in [0.2, 0.25) is 0 Å². The molecule has 2 nitrogen and oxygen atoms in total. The zero-order chi connectivity index (χ0) is 27.2. The van der Waals surface area contributed by atoms with Crippen LogP contribution < -0.4 is 4.74 Å². The maximum atomic E-state index is 6.70. The highest BCUT2D eigenvalue weighted by atomic mass is 16.5. The van der Waals surface area contributed by atoms with E-state index in [2.05, 4.69) is 145 Å². The zero-order valence-corrected chi connectivity index (χ0v) is 22.3. The summed E-state index contributed by atoms with van der Waals surface area (Å²) >= 11 is 0. The van der Waals surface area contributed by atoms with Gasteiger partial charge in [-0.2, -0.15) is 0 Å². The monoisotopic (exact) mass is 523 g/mol. The summed E-state index contributed by atoms with van der Waals surface area (Å²) in [5.41, 5.74) is 4.70. The molecule has 0 fully saturated rings. The van der Waals surface area contributed by atoms with Gasteiger partial charge in [-0.1, -0.05) is 109 Å². The van der Waals surface area contributed by atoms with Crippen molar-refractivity contribution in [3.8, 4) is 33.8 Å². The lowest BCUT2D eigenvalue weighted by Crippen LogP contribution is -1.93. The molecule has 8 rings (SSSR count). The molecule has 0 atom stereocenters. The van der Waals surface area contributed by atoms with Crippen molar-refractivity contribution >= 4 is 43.1 Å². The summed E-state index contributed by atoms with van der Waals surface area (Å²) in [6.07, 6.45) is 3.80. The highest BCUT2D eigenvalue weighted by molar-refractivity contribution is 6.17. The Morgan fingerprint density at radius 3 is 1.71 bits per heavy atom. The average molecular weight is 524 g/mol. The number of fused-ring (bicyclic) bond motifs is 4. The molecule has 7 aromatic carbocycles. The summed E-state index contributed by atoms with van der Waals surface area (Å²) < 4.78 is 6.70. The smallest absolute Gasteiger partial charge is 0.143 e. The number of hydrogen-bond acceptors (Lipinski definition) is 2. The Balaban J connectivity index is 1.25. The van der Waals surface area contributed by atoms with E-state index >= 15 is 0 Å².